The van der Waals surface area contributed by atoms with Gasteiger partial charge in [-0.15, -0.1) is 5.10 Å². The van der Waals surface area contributed by atoms with Crippen molar-refractivity contribution in [2.45, 2.75) is 6.54 Å². The number of benzene rings is 2. The molecule has 0 radical (unpaired) electrons. The van der Waals surface area contributed by atoms with Crippen molar-refractivity contribution in [3.05, 3.63) is 60.3 Å². The van der Waals surface area contributed by atoms with Gasteiger partial charge in [-0.25, -0.2) is 9.50 Å². The van der Waals surface area contributed by atoms with E-state index in [2.05, 4.69) is 10.3 Å². The molecule has 2 heterocycles. The fourth-order valence-corrected chi connectivity index (χ4v) is 3.38. The Labute approximate surface area is 180 Å². The minimum absolute atomic E-state index is 0.526. The molecule has 0 aliphatic rings. The molecule has 8 heteroatoms. The summed E-state index contributed by atoms with van der Waals surface area (Å²) in [4.78, 5) is 4.46. The summed E-state index contributed by atoms with van der Waals surface area (Å²) >= 11 is 0. The monoisotopic (exact) mass is 420 g/mol. The highest BCUT2D eigenvalue weighted by molar-refractivity contribution is 5.65. The first-order valence-electron chi connectivity index (χ1n) is 9.68. The maximum Gasteiger partial charge on any atom is 0.203 e. The number of methoxy groups -OCH3 is 4. The summed E-state index contributed by atoms with van der Waals surface area (Å²) in [7, 11) is 6.44. The normalized spacial score (nSPS) is 10.7. The Hall–Kier alpha value is -3.94. The molecule has 0 unspecified atom stereocenters. The van der Waals surface area contributed by atoms with E-state index in [1.165, 1.54) is 0 Å². The van der Waals surface area contributed by atoms with Gasteiger partial charge in [0.1, 0.15) is 11.6 Å². The Kier molecular flexibility index (Phi) is 5.79. The quantitative estimate of drug-likeness (QED) is 0.461. The lowest BCUT2D eigenvalue weighted by molar-refractivity contribution is 0.324. The number of nitrogens with one attached hydrogen (secondary N) is 1. The van der Waals surface area contributed by atoms with E-state index in [1.54, 1.807) is 34.6 Å². The predicted octanol–water partition coefficient (Wildman–Crippen LogP) is 4.04. The molecule has 0 aliphatic heterocycles. The van der Waals surface area contributed by atoms with Gasteiger partial charge in [-0.1, -0.05) is 12.1 Å². The van der Waals surface area contributed by atoms with Gasteiger partial charge in [0.05, 0.1) is 40.3 Å². The van der Waals surface area contributed by atoms with E-state index >= 15 is 0 Å². The van der Waals surface area contributed by atoms with Crippen LogP contribution in [-0.4, -0.2) is 43.0 Å². The molecule has 0 saturated carbocycles. The zero-order valence-corrected chi connectivity index (χ0v) is 17.9. The Morgan fingerprint density at radius 3 is 2.32 bits per heavy atom. The van der Waals surface area contributed by atoms with Crippen molar-refractivity contribution in [3.63, 3.8) is 0 Å². The van der Waals surface area contributed by atoms with Crippen LogP contribution in [-0.2, 0) is 6.54 Å². The zero-order chi connectivity index (χ0) is 21.8. The van der Waals surface area contributed by atoms with Crippen LogP contribution in [0.2, 0.25) is 0 Å². The molecule has 2 aromatic carbocycles. The van der Waals surface area contributed by atoms with Crippen LogP contribution in [0.1, 0.15) is 5.56 Å². The third kappa shape index (κ3) is 4.05. The first kappa shape index (κ1) is 20.3. The summed E-state index contributed by atoms with van der Waals surface area (Å²) in [5.41, 5.74) is 3.58. The molecule has 0 spiro atoms. The Morgan fingerprint density at radius 2 is 1.65 bits per heavy atom. The van der Waals surface area contributed by atoms with E-state index in [0.717, 1.165) is 28.2 Å². The van der Waals surface area contributed by atoms with Crippen molar-refractivity contribution in [3.8, 4) is 34.3 Å². The maximum atomic E-state index is 5.43. The molecular weight excluding hydrogens is 396 g/mol. The highest BCUT2D eigenvalue weighted by atomic mass is 16.5. The molecule has 0 aliphatic carbocycles. The van der Waals surface area contributed by atoms with Gasteiger partial charge in [0.15, 0.2) is 17.1 Å². The first-order valence-corrected chi connectivity index (χ1v) is 9.68. The highest BCUT2D eigenvalue weighted by Gasteiger charge is 2.14. The number of aromatic nitrogens is 3. The lowest BCUT2D eigenvalue weighted by atomic mass is 10.1. The van der Waals surface area contributed by atoms with Crippen molar-refractivity contribution < 1.29 is 18.9 Å². The van der Waals surface area contributed by atoms with Crippen molar-refractivity contribution in [2.24, 2.45) is 0 Å². The molecule has 0 bridgehead atoms. The van der Waals surface area contributed by atoms with Gasteiger partial charge >= 0.3 is 0 Å². The second-order valence-electron chi connectivity index (χ2n) is 6.75. The third-order valence-electron chi connectivity index (χ3n) is 4.93. The minimum atomic E-state index is 0.526. The van der Waals surface area contributed by atoms with Crippen molar-refractivity contribution in [1.29, 1.82) is 0 Å². The van der Waals surface area contributed by atoms with Crippen LogP contribution in [0.25, 0.3) is 16.9 Å². The van der Waals surface area contributed by atoms with Crippen LogP contribution >= 0.6 is 0 Å². The number of hydrogen-bond acceptors (Lipinski definition) is 7. The molecule has 4 aromatic rings. The summed E-state index contributed by atoms with van der Waals surface area (Å²) in [5, 5.41) is 8.06. The van der Waals surface area contributed by atoms with Crippen LogP contribution < -0.4 is 24.3 Å². The fourth-order valence-electron chi connectivity index (χ4n) is 3.38. The highest BCUT2D eigenvalue weighted by Crippen LogP contribution is 2.38. The number of hydrogen-bond donors (Lipinski definition) is 1. The van der Waals surface area contributed by atoms with Gasteiger partial charge in [0, 0.05) is 12.1 Å². The number of fused-ring (bicyclic) bond motifs is 1. The van der Waals surface area contributed by atoms with Gasteiger partial charge in [0.2, 0.25) is 5.75 Å². The van der Waals surface area contributed by atoms with E-state index in [9.17, 15) is 0 Å². The maximum absolute atomic E-state index is 5.43. The molecule has 8 nitrogen and oxygen atoms in total. The van der Waals surface area contributed by atoms with Crippen LogP contribution in [0.5, 0.6) is 23.0 Å². The molecule has 4 rings (SSSR count). The van der Waals surface area contributed by atoms with Crippen LogP contribution in [0.15, 0.2) is 54.7 Å². The van der Waals surface area contributed by atoms with Gasteiger partial charge in [-0.2, -0.15) is 0 Å². The number of rotatable bonds is 8. The number of nitrogens with zero attached hydrogens (tertiary/aromatic N) is 3. The van der Waals surface area contributed by atoms with Crippen molar-refractivity contribution >= 4 is 11.5 Å². The minimum Gasteiger partial charge on any atom is -0.497 e. The number of anilines is 1. The summed E-state index contributed by atoms with van der Waals surface area (Å²) in [6.07, 6.45) is 1.81. The standard InChI is InChI=1S/C23H24N4O4/c1-28-17-7-5-6-16(12-17)18-14-25-22-9-8-21(26-27(18)22)24-13-15-10-19(29-2)23(31-4)20(11-15)30-3/h5-12,14H,13H2,1-4H3,(H,24,26). The molecule has 0 fully saturated rings. The Balaban J connectivity index is 1.61. The topological polar surface area (TPSA) is 79.1 Å². The Bertz CT molecular complexity index is 1180. The van der Waals surface area contributed by atoms with Crippen LogP contribution in [0.4, 0.5) is 5.82 Å². The average Bonchev–Trinajstić information content (AvgIpc) is 3.25. The van der Waals surface area contributed by atoms with E-state index in [0.29, 0.717) is 29.6 Å². The number of imidazole rings is 1. The molecule has 0 amide bonds. The molecule has 2 aromatic heterocycles. The molecular formula is C23H24N4O4. The van der Waals surface area contributed by atoms with Gasteiger partial charge < -0.3 is 24.3 Å². The van der Waals surface area contributed by atoms with Gasteiger partial charge in [-0.05, 0) is 42.0 Å². The molecule has 1 N–H and O–H groups in total. The number of ether oxygens (including phenoxy) is 4. The predicted molar refractivity (Wildman–Crippen MR) is 118 cm³/mol. The average molecular weight is 420 g/mol. The first-order chi connectivity index (χ1) is 15.2. The van der Waals surface area contributed by atoms with E-state index in [-0.39, 0.29) is 0 Å². The van der Waals surface area contributed by atoms with Crippen molar-refractivity contribution in [1.82, 2.24) is 14.6 Å². The molecule has 31 heavy (non-hydrogen) atoms. The fraction of sp³-hybridized carbons (Fsp3) is 0.217. The molecule has 0 saturated heterocycles. The van der Waals surface area contributed by atoms with Gasteiger partial charge in [0.25, 0.3) is 0 Å². The third-order valence-corrected chi connectivity index (χ3v) is 4.93. The van der Waals surface area contributed by atoms with Crippen LogP contribution in [0.3, 0.4) is 0 Å². The summed E-state index contributed by atoms with van der Waals surface area (Å²) in [5.74, 6) is 3.27. The zero-order valence-electron chi connectivity index (χ0n) is 17.9. The lowest BCUT2D eigenvalue weighted by Crippen LogP contribution is -2.05. The summed E-state index contributed by atoms with van der Waals surface area (Å²) in [6.45, 7) is 0.526. The second-order valence-corrected chi connectivity index (χ2v) is 6.75. The van der Waals surface area contributed by atoms with Crippen LogP contribution in [0, 0.1) is 0 Å². The van der Waals surface area contributed by atoms with E-state index in [1.807, 2.05) is 53.0 Å². The molecule has 160 valence electrons. The SMILES string of the molecule is COc1cccc(-c2cnc3ccc(NCc4cc(OC)c(OC)c(OC)c4)nn23)c1. The van der Waals surface area contributed by atoms with Gasteiger partial charge in [-0.3, -0.25) is 0 Å². The van der Waals surface area contributed by atoms with Crippen molar-refractivity contribution in [2.75, 3.05) is 33.8 Å². The van der Waals surface area contributed by atoms with E-state index in [4.69, 9.17) is 24.0 Å². The molecule has 0 atom stereocenters. The second kappa shape index (κ2) is 8.83. The largest absolute Gasteiger partial charge is 0.497 e. The summed E-state index contributed by atoms with van der Waals surface area (Å²) in [6, 6.07) is 15.5. The summed E-state index contributed by atoms with van der Waals surface area (Å²) < 4.78 is 23.4. The van der Waals surface area contributed by atoms with E-state index < -0.39 is 0 Å². The smallest absolute Gasteiger partial charge is 0.203 e. The lowest BCUT2D eigenvalue weighted by Gasteiger charge is -2.14. The Morgan fingerprint density at radius 1 is 0.871 bits per heavy atom.